The van der Waals surface area contributed by atoms with E-state index in [1.54, 1.807) is 18.2 Å². The first kappa shape index (κ1) is 23.1. The van der Waals surface area contributed by atoms with Crippen LogP contribution in [0, 0.1) is 21.4 Å². The van der Waals surface area contributed by atoms with Gasteiger partial charge in [0.2, 0.25) is 0 Å². The van der Waals surface area contributed by atoms with Gasteiger partial charge < -0.3 is 15.4 Å². The van der Waals surface area contributed by atoms with Crippen LogP contribution in [0.3, 0.4) is 0 Å². The molecule has 0 bridgehead atoms. The molecule has 8 heteroatoms. The molecule has 0 spiro atoms. The van der Waals surface area contributed by atoms with Crippen molar-refractivity contribution in [3.63, 3.8) is 0 Å². The van der Waals surface area contributed by atoms with E-state index in [-0.39, 0.29) is 17.3 Å². The van der Waals surface area contributed by atoms with Crippen molar-refractivity contribution >= 4 is 22.6 Å². The van der Waals surface area contributed by atoms with Crippen molar-refractivity contribution in [2.24, 2.45) is 0 Å². The number of aromatic amines is 1. The first-order valence-corrected chi connectivity index (χ1v) is 12.3. The summed E-state index contributed by atoms with van der Waals surface area (Å²) in [7, 11) is 0. The second-order valence-electron chi connectivity index (χ2n) is 9.85. The monoisotopic (exact) mass is 471 g/mol. The lowest BCUT2D eigenvalue weighted by Crippen LogP contribution is -2.51. The number of nitrogens with one attached hydrogen (secondary N) is 2. The van der Waals surface area contributed by atoms with Crippen LogP contribution in [0.25, 0.3) is 10.9 Å². The molecule has 180 valence electrons. The number of fused-ring (bicyclic) bond motifs is 2. The van der Waals surface area contributed by atoms with Crippen LogP contribution in [0.2, 0.25) is 0 Å². The van der Waals surface area contributed by atoms with E-state index < -0.39 is 4.92 Å². The minimum absolute atomic E-state index is 0.113. The van der Waals surface area contributed by atoms with Crippen molar-refractivity contribution in [3.05, 3.63) is 74.8 Å². The maximum absolute atomic E-state index is 13.5. The Morgan fingerprint density at radius 1 is 1.17 bits per heavy atom. The standard InChI is InChI=1S/C27H29N5O3/c28-17-19-7-8-20-9-13-31(18-21(20)15-19)14-12-27(10-2-1-3-11-27)30-26(33)22-5-4-6-24-23(22)16-25(29-24)32(34)35/h4-8,15-16,29H,1-3,9-14,18H2,(H,30,33). The fourth-order valence-corrected chi connectivity index (χ4v) is 5.66. The number of hydrogen-bond donors (Lipinski definition) is 2. The first-order chi connectivity index (χ1) is 17.0. The number of H-pyrrole nitrogens is 1. The van der Waals surface area contributed by atoms with Crippen molar-refractivity contribution in [3.8, 4) is 6.07 Å². The van der Waals surface area contributed by atoms with E-state index in [1.807, 2.05) is 12.1 Å². The van der Waals surface area contributed by atoms with Gasteiger partial charge in [-0.15, -0.1) is 0 Å². The molecule has 35 heavy (non-hydrogen) atoms. The van der Waals surface area contributed by atoms with Crippen LogP contribution < -0.4 is 5.32 Å². The number of carbonyl (C=O) groups is 1. The Morgan fingerprint density at radius 3 is 2.77 bits per heavy atom. The molecule has 1 fully saturated rings. The highest BCUT2D eigenvalue weighted by atomic mass is 16.6. The van der Waals surface area contributed by atoms with Crippen molar-refractivity contribution in [2.45, 2.75) is 57.0 Å². The molecule has 1 saturated carbocycles. The summed E-state index contributed by atoms with van der Waals surface area (Å²) < 4.78 is 0. The largest absolute Gasteiger partial charge is 0.358 e. The molecular weight excluding hydrogens is 442 g/mol. The molecule has 0 atom stereocenters. The Hall–Kier alpha value is -3.70. The van der Waals surface area contributed by atoms with E-state index in [0.29, 0.717) is 22.0 Å². The maximum atomic E-state index is 13.5. The highest BCUT2D eigenvalue weighted by Gasteiger charge is 2.35. The summed E-state index contributed by atoms with van der Waals surface area (Å²) in [6.45, 7) is 2.66. The smallest absolute Gasteiger partial charge is 0.321 e. The number of benzene rings is 2. The summed E-state index contributed by atoms with van der Waals surface area (Å²) in [5, 5.41) is 24.4. The number of amides is 1. The fourth-order valence-electron chi connectivity index (χ4n) is 5.66. The Labute approximate surface area is 204 Å². The lowest BCUT2D eigenvalue weighted by atomic mass is 9.78. The van der Waals surface area contributed by atoms with Gasteiger partial charge in [0.15, 0.2) is 0 Å². The van der Waals surface area contributed by atoms with Gasteiger partial charge in [0.05, 0.1) is 17.2 Å². The van der Waals surface area contributed by atoms with Crippen molar-refractivity contribution in [1.29, 1.82) is 5.26 Å². The van der Waals surface area contributed by atoms with Gasteiger partial charge in [-0.3, -0.25) is 9.69 Å². The van der Waals surface area contributed by atoms with Gasteiger partial charge in [0.1, 0.15) is 5.52 Å². The number of nitro groups is 1. The van der Waals surface area contributed by atoms with Crippen LogP contribution in [0.1, 0.15) is 65.6 Å². The molecule has 0 saturated heterocycles. The predicted octanol–water partition coefficient (Wildman–Crippen LogP) is 4.83. The number of nitriles is 1. The summed E-state index contributed by atoms with van der Waals surface area (Å²) in [4.78, 5) is 29.4. The molecule has 8 nitrogen and oxygen atoms in total. The topological polar surface area (TPSA) is 115 Å². The average molecular weight is 472 g/mol. The van der Waals surface area contributed by atoms with Crippen LogP contribution in [0.15, 0.2) is 42.5 Å². The van der Waals surface area contributed by atoms with Crippen LogP contribution >= 0.6 is 0 Å². The van der Waals surface area contributed by atoms with Gasteiger partial charge in [-0.05, 0) is 66.0 Å². The van der Waals surface area contributed by atoms with Gasteiger partial charge in [-0.2, -0.15) is 5.26 Å². The number of rotatable bonds is 6. The second-order valence-corrected chi connectivity index (χ2v) is 9.85. The normalized spacial score (nSPS) is 17.5. The molecule has 0 unspecified atom stereocenters. The van der Waals surface area contributed by atoms with Crippen LogP contribution in [-0.2, 0) is 13.0 Å². The molecule has 2 aliphatic rings. The van der Waals surface area contributed by atoms with Crippen molar-refractivity contribution in [2.75, 3.05) is 13.1 Å². The minimum Gasteiger partial charge on any atom is -0.358 e. The number of aromatic nitrogens is 1. The molecule has 1 aliphatic heterocycles. The summed E-state index contributed by atoms with van der Waals surface area (Å²) in [6.07, 6.45) is 7.02. The summed E-state index contributed by atoms with van der Waals surface area (Å²) in [6, 6.07) is 14.9. The third kappa shape index (κ3) is 4.77. The molecule has 5 rings (SSSR count). The highest BCUT2D eigenvalue weighted by Crippen LogP contribution is 2.33. The van der Waals surface area contributed by atoms with E-state index in [4.69, 9.17) is 0 Å². The summed E-state index contributed by atoms with van der Waals surface area (Å²) in [5.74, 6) is -0.286. The Kier molecular flexibility index (Phi) is 6.27. The SMILES string of the molecule is N#Cc1ccc2c(c1)CN(CCC1(NC(=O)c3cccc4[nH]c([N+](=O)[O-])cc34)CCCCC1)CC2. The maximum Gasteiger partial charge on any atom is 0.321 e. The van der Waals surface area contributed by atoms with Gasteiger partial charge in [-0.25, -0.2) is 4.98 Å². The van der Waals surface area contributed by atoms with Gasteiger partial charge in [0.25, 0.3) is 5.91 Å². The highest BCUT2D eigenvalue weighted by molar-refractivity contribution is 6.07. The van der Waals surface area contributed by atoms with Gasteiger partial charge in [-0.1, -0.05) is 31.4 Å². The van der Waals surface area contributed by atoms with E-state index in [1.165, 1.54) is 23.6 Å². The Balaban J connectivity index is 1.32. The summed E-state index contributed by atoms with van der Waals surface area (Å²) in [5.41, 5.74) is 4.00. The second kappa shape index (κ2) is 9.51. The Morgan fingerprint density at radius 2 is 2.00 bits per heavy atom. The van der Waals surface area contributed by atoms with E-state index in [9.17, 15) is 20.2 Å². The molecule has 3 aromatic rings. The van der Waals surface area contributed by atoms with E-state index >= 15 is 0 Å². The number of hydrogen-bond acceptors (Lipinski definition) is 5. The van der Waals surface area contributed by atoms with Crippen LogP contribution in [0.5, 0.6) is 0 Å². The molecule has 1 aromatic heterocycles. The molecule has 0 radical (unpaired) electrons. The molecule has 1 aliphatic carbocycles. The van der Waals surface area contributed by atoms with Crippen molar-refractivity contribution < 1.29 is 9.72 Å². The summed E-state index contributed by atoms with van der Waals surface area (Å²) >= 11 is 0. The lowest BCUT2D eigenvalue weighted by Gasteiger charge is -2.40. The molecule has 1 amide bonds. The molecule has 2 aromatic carbocycles. The zero-order valence-electron chi connectivity index (χ0n) is 19.7. The quantitative estimate of drug-likeness (QED) is 0.395. The Bertz CT molecular complexity index is 1320. The zero-order chi connectivity index (χ0) is 24.4. The number of nitrogens with zero attached hydrogens (tertiary/aromatic N) is 3. The first-order valence-electron chi connectivity index (χ1n) is 12.3. The lowest BCUT2D eigenvalue weighted by molar-refractivity contribution is -0.389. The average Bonchev–Trinajstić information content (AvgIpc) is 3.32. The zero-order valence-corrected chi connectivity index (χ0v) is 19.7. The number of carbonyl (C=O) groups excluding carboxylic acids is 1. The fraction of sp³-hybridized carbons (Fsp3) is 0.407. The molecular formula is C27H29N5O3. The van der Waals surface area contributed by atoms with Gasteiger partial charge in [0, 0.05) is 36.6 Å². The predicted molar refractivity (Wildman–Crippen MR) is 133 cm³/mol. The van der Waals surface area contributed by atoms with Crippen molar-refractivity contribution in [1.82, 2.24) is 15.2 Å². The van der Waals surface area contributed by atoms with E-state index in [2.05, 4.69) is 27.3 Å². The molecule has 2 N–H and O–H groups in total. The van der Waals surface area contributed by atoms with E-state index in [0.717, 1.165) is 58.2 Å². The van der Waals surface area contributed by atoms with Gasteiger partial charge >= 0.3 is 5.82 Å². The molecule has 2 heterocycles. The third-order valence-corrected chi connectivity index (χ3v) is 7.61. The van der Waals surface area contributed by atoms with Crippen LogP contribution in [0.4, 0.5) is 5.82 Å². The minimum atomic E-state index is -0.472. The van der Waals surface area contributed by atoms with Crippen LogP contribution in [-0.4, -0.2) is 39.3 Å². The third-order valence-electron chi connectivity index (χ3n) is 7.61.